The van der Waals surface area contributed by atoms with Crippen molar-refractivity contribution in [2.45, 2.75) is 27.7 Å². The number of hydrogen-bond donors (Lipinski definition) is 0. The zero-order valence-electron chi connectivity index (χ0n) is 27.2. The monoisotopic (exact) mass is 608 g/mol. The van der Waals surface area contributed by atoms with E-state index in [1.807, 2.05) is 0 Å². The zero-order valence-corrected chi connectivity index (χ0v) is 27.2. The summed E-state index contributed by atoms with van der Waals surface area (Å²) in [7, 11) is 0. The molecule has 0 amide bonds. The summed E-state index contributed by atoms with van der Waals surface area (Å²) in [6, 6.07) is 52.1. The molecule has 3 heteroatoms. The highest BCUT2D eigenvalue weighted by molar-refractivity contribution is 6.28. The fourth-order valence-corrected chi connectivity index (χ4v) is 6.99. The van der Waals surface area contributed by atoms with Gasteiger partial charge in [-0.25, -0.2) is 0 Å². The minimum Gasteiger partial charge on any atom is -0.454 e. The largest absolute Gasteiger partial charge is 0.454 e. The van der Waals surface area contributed by atoms with E-state index in [9.17, 15) is 0 Å². The molecule has 7 aromatic carbocycles. The van der Waals surface area contributed by atoms with E-state index >= 15 is 0 Å². The number of benzene rings is 7. The molecular formula is C44H36N2O. The molecule has 0 fully saturated rings. The van der Waals surface area contributed by atoms with Crippen LogP contribution in [0.2, 0.25) is 0 Å². The lowest BCUT2D eigenvalue weighted by Crippen LogP contribution is -2.15. The number of aryl methyl sites for hydroxylation is 4. The quantitative estimate of drug-likeness (QED) is 0.175. The first-order chi connectivity index (χ1) is 23.0. The van der Waals surface area contributed by atoms with Crippen molar-refractivity contribution in [2.24, 2.45) is 0 Å². The Balaban J connectivity index is 1.59. The van der Waals surface area contributed by atoms with Crippen LogP contribution in [0.4, 0.5) is 34.1 Å². The lowest BCUT2D eigenvalue weighted by atomic mass is 9.97. The van der Waals surface area contributed by atoms with Crippen LogP contribution in [0, 0.1) is 27.7 Å². The summed E-state index contributed by atoms with van der Waals surface area (Å²) in [5.74, 6) is 0. The van der Waals surface area contributed by atoms with E-state index in [1.165, 1.54) is 22.3 Å². The van der Waals surface area contributed by atoms with Crippen LogP contribution in [0.25, 0.3) is 32.7 Å². The molecule has 47 heavy (non-hydrogen) atoms. The number of rotatable bonds is 6. The molecule has 0 spiro atoms. The van der Waals surface area contributed by atoms with Gasteiger partial charge in [0, 0.05) is 38.9 Å². The van der Waals surface area contributed by atoms with Crippen molar-refractivity contribution in [3.8, 4) is 0 Å². The van der Waals surface area contributed by atoms with Gasteiger partial charge in [-0.05, 0) is 92.4 Å². The van der Waals surface area contributed by atoms with E-state index in [1.54, 1.807) is 0 Å². The predicted octanol–water partition coefficient (Wildman–Crippen LogP) is 12.9. The van der Waals surface area contributed by atoms with Crippen LogP contribution >= 0.6 is 0 Å². The van der Waals surface area contributed by atoms with E-state index in [0.717, 1.165) is 66.8 Å². The van der Waals surface area contributed by atoms with Gasteiger partial charge in [0.2, 0.25) is 0 Å². The van der Waals surface area contributed by atoms with Gasteiger partial charge >= 0.3 is 0 Å². The van der Waals surface area contributed by atoms with Gasteiger partial charge in [0.05, 0.1) is 16.8 Å². The van der Waals surface area contributed by atoms with E-state index in [-0.39, 0.29) is 0 Å². The van der Waals surface area contributed by atoms with Gasteiger partial charge in [0.1, 0.15) is 5.58 Å². The molecule has 0 N–H and O–H groups in total. The molecule has 0 aliphatic carbocycles. The molecule has 0 saturated heterocycles. The van der Waals surface area contributed by atoms with E-state index < -0.39 is 0 Å². The summed E-state index contributed by atoms with van der Waals surface area (Å²) in [6.07, 6.45) is 0. The van der Waals surface area contributed by atoms with Crippen LogP contribution in [0.15, 0.2) is 150 Å². The lowest BCUT2D eigenvalue weighted by molar-refractivity contribution is 0.669. The SMILES string of the molecule is Cc1cccc(N(c2ccccc2C)c2c3ccccc3c(N(c3cccc(C)c3)c3ccccc3C)c3c2oc2ccccc23)c1. The molecule has 0 atom stereocenters. The first-order valence-electron chi connectivity index (χ1n) is 16.2. The maximum Gasteiger partial charge on any atom is 0.162 e. The summed E-state index contributed by atoms with van der Waals surface area (Å²) >= 11 is 0. The number of furan rings is 1. The van der Waals surface area contributed by atoms with Crippen molar-refractivity contribution in [3.63, 3.8) is 0 Å². The van der Waals surface area contributed by atoms with E-state index in [2.05, 4.69) is 183 Å². The normalized spacial score (nSPS) is 11.4. The van der Waals surface area contributed by atoms with Crippen molar-refractivity contribution >= 4 is 66.8 Å². The molecule has 8 aromatic rings. The Kier molecular flexibility index (Phi) is 7.03. The average molecular weight is 609 g/mol. The standard InChI is InChI=1S/C44H36N2O/c1-29-15-13-19-33(27-29)45(38-24-10-5-17-31(38)3)42-35-21-7-8-22-36(35)43(44-41(42)37-23-9-12-26-40(37)47-44)46(34-20-14-16-30(2)28-34)39-25-11-6-18-32(39)4/h5-28H,1-4H3. The van der Waals surface area contributed by atoms with Crippen molar-refractivity contribution in [1.82, 2.24) is 0 Å². The van der Waals surface area contributed by atoms with Crippen LogP contribution in [-0.2, 0) is 0 Å². The smallest absolute Gasteiger partial charge is 0.162 e. The van der Waals surface area contributed by atoms with E-state index in [4.69, 9.17) is 4.42 Å². The molecule has 3 nitrogen and oxygen atoms in total. The molecule has 0 aliphatic heterocycles. The second-order valence-corrected chi connectivity index (χ2v) is 12.5. The number of fused-ring (bicyclic) bond motifs is 4. The Hall–Kier alpha value is -5.80. The maximum absolute atomic E-state index is 7.03. The summed E-state index contributed by atoms with van der Waals surface area (Å²) in [5, 5.41) is 4.44. The van der Waals surface area contributed by atoms with Crippen LogP contribution in [0.5, 0.6) is 0 Å². The first kappa shape index (κ1) is 28.7. The number of para-hydroxylation sites is 3. The van der Waals surface area contributed by atoms with E-state index in [0.29, 0.717) is 0 Å². The molecule has 0 unspecified atom stereocenters. The van der Waals surface area contributed by atoms with Gasteiger partial charge in [-0.1, -0.05) is 103 Å². The zero-order chi connectivity index (χ0) is 32.1. The highest BCUT2D eigenvalue weighted by Crippen LogP contribution is 2.54. The van der Waals surface area contributed by atoms with Gasteiger partial charge in [0.15, 0.2) is 5.58 Å². The van der Waals surface area contributed by atoms with Crippen molar-refractivity contribution in [3.05, 3.63) is 168 Å². The van der Waals surface area contributed by atoms with Crippen LogP contribution < -0.4 is 9.80 Å². The maximum atomic E-state index is 7.03. The van der Waals surface area contributed by atoms with Crippen molar-refractivity contribution < 1.29 is 4.42 Å². The number of nitrogens with zero attached hydrogens (tertiary/aromatic N) is 2. The third-order valence-electron chi connectivity index (χ3n) is 9.16. The average Bonchev–Trinajstić information content (AvgIpc) is 3.47. The summed E-state index contributed by atoms with van der Waals surface area (Å²) in [4.78, 5) is 4.83. The summed E-state index contributed by atoms with van der Waals surface area (Å²) in [6.45, 7) is 8.68. The Morgan fingerprint density at radius 1 is 0.426 bits per heavy atom. The molecule has 8 rings (SSSR count). The van der Waals surface area contributed by atoms with Gasteiger partial charge in [-0.15, -0.1) is 0 Å². The fourth-order valence-electron chi connectivity index (χ4n) is 6.99. The van der Waals surface area contributed by atoms with Crippen LogP contribution in [0.1, 0.15) is 22.3 Å². The Morgan fingerprint density at radius 2 is 0.894 bits per heavy atom. The Morgan fingerprint density at radius 3 is 1.45 bits per heavy atom. The molecule has 1 aromatic heterocycles. The Bertz CT molecular complexity index is 2440. The lowest BCUT2D eigenvalue weighted by Gasteiger charge is -2.32. The third kappa shape index (κ3) is 4.83. The molecule has 0 saturated carbocycles. The Labute approximate surface area is 275 Å². The molecule has 0 bridgehead atoms. The number of hydrogen-bond acceptors (Lipinski definition) is 3. The summed E-state index contributed by atoms with van der Waals surface area (Å²) < 4.78 is 7.03. The van der Waals surface area contributed by atoms with Gasteiger partial charge in [-0.3, -0.25) is 0 Å². The molecule has 228 valence electrons. The topological polar surface area (TPSA) is 19.6 Å². The minimum atomic E-state index is 0.857. The second kappa shape index (κ2) is 11.5. The third-order valence-corrected chi connectivity index (χ3v) is 9.16. The highest BCUT2D eigenvalue weighted by atomic mass is 16.3. The molecule has 0 radical (unpaired) electrons. The highest BCUT2D eigenvalue weighted by Gasteiger charge is 2.29. The predicted molar refractivity (Wildman–Crippen MR) is 200 cm³/mol. The molecule has 0 aliphatic rings. The van der Waals surface area contributed by atoms with Gasteiger partial charge < -0.3 is 14.2 Å². The summed E-state index contributed by atoms with van der Waals surface area (Å²) in [5.41, 5.74) is 13.1. The van der Waals surface area contributed by atoms with Crippen LogP contribution in [-0.4, -0.2) is 0 Å². The van der Waals surface area contributed by atoms with Gasteiger partial charge in [-0.2, -0.15) is 0 Å². The minimum absolute atomic E-state index is 0.857. The second-order valence-electron chi connectivity index (χ2n) is 12.5. The van der Waals surface area contributed by atoms with Crippen molar-refractivity contribution in [1.29, 1.82) is 0 Å². The van der Waals surface area contributed by atoms with Gasteiger partial charge in [0.25, 0.3) is 0 Å². The van der Waals surface area contributed by atoms with Crippen molar-refractivity contribution in [2.75, 3.05) is 9.80 Å². The fraction of sp³-hybridized carbons (Fsp3) is 0.0909. The number of anilines is 6. The molecule has 1 heterocycles. The van der Waals surface area contributed by atoms with Crippen LogP contribution in [0.3, 0.4) is 0 Å². The first-order valence-corrected chi connectivity index (χ1v) is 16.2. The molecular weight excluding hydrogens is 572 g/mol.